The lowest BCUT2D eigenvalue weighted by Gasteiger charge is -2.26. The van der Waals surface area contributed by atoms with Gasteiger partial charge in [-0.3, -0.25) is 9.59 Å². The number of hydrogen-bond donors (Lipinski definition) is 1. The van der Waals surface area contributed by atoms with E-state index < -0.39 is 0 Å². The molecule has 1 aromatic carbocycles. The van der Waals surface area contributed by atoms with E-state index in [1.54, 1.807) is 18.0 Å². The molecule has 90 valence electrons. The van der Waals surface area contributed by atoms with Gasteiger partial charge in [-0.05, 0) is 36.7 Å². The third-order valence-electron chi connectivity index (χ3n) is 3.12. The smallest absolute Gasteiger partial charge is 0.227 e. The summed E-state index contributed by atoms with van der Waals surface area (Å²) in [4.78, 5) is 24.9. The number of ketones is 1. The molecule has 0 fully saturated rings. The van der Waals surface area contributed by atoms with Crippen LogP contribution in [0, 0.1) is 0 Å². The molecular weight excluding hydrogens is 216 g/mol. The molecule has 0 bridgehead atoms. The van der Waals surface area contributed by atoms with Crippen molar-refractivity contribution in [1.29, 1.82) is 0 Å². The lowest BCUT2D eigenvalue weighted by molar-refractivity contribution is -0.118. The van der Waals surface area contributed by atoms with E-state index in [4.69, 9.17) is 5.73 Å². The molecule has 1 amide bonds. The molecule has 4 nitrogen and oxygen atoms in total. The van der Waals surface area contributed by atoms with Crippen LogP contribution in [0.2, 0.25) is 0 Å². The summed E-state index contributed by atoms with van der Waals surface area (Å²) in [6.45, 7) is 0.369. The maximum atomic E-state index is 11.7. The second kappa shape index (κ2) is 4.67. The summed E-state index contributed by atoms with van der Waals surface area (Å²) in [6, 6.07) is 5.50. The molecule has 0 aliphatic carbocycles. The van der Waals surface area contributed by atoms with Crippen molar-refractivity contribution < 1.29 is 9.59 Å². The van der Waals surface area contributed by atoms with E-state index in [-0.39, 0.29) is 11.7 Å². The van der Waals surface area contributed by atoms with Gasteiger partial charge < -0.3 is 10.6 Å². The van der Waals surface area contributed by atoms with Gasteiger partial charge in [0.15, 0.2) is 5.78 Å². The first-order valence-electron chi connectivity index (χ1n) is 5.76. The van der Waals surface area contributed by atoms with E-state index in [0.717, 1.165) is 11.3 Å². The van der Waals surface area contributed by atoms with Gasteiger partial charge in [0.1, 0.15) is 0 Å². The van der Waals surface area contributed by atoms with E-state index >= 15 is 0 Å². The Labute approximate surface area is 100 Å². The summed E-state index contributed by atoms with van der Waals surface area (Å²) in [5.41, 5.74) is 8.04. The molecule has 1 aliphatic rings. The van der Waals surface area contributed by atoms with Gasteiger partial charge in [0.05, 0.1) is 0 Å². The number of fused-ring (bicyclic) bond motifs is 1. The van der Waals surface area contributed by atoms with Crippen molar-refractivity contribution >= 4 is 17.4 Å². The number of aryl methyl sites for hydroxylation is 1. The maximum Gasteiger partial charge on any atom is 0.227 e. The minimum Gasteiger partial charge on any atom is -0.330 e. The van der Waals surface area contributed by atoms with Gasteiger partial charge in [-0.25, -0.2) is 0 Å². The molecule has 2 N–H and O–H groups in total. The van der Waals surface area contributed by atoms with Crippen molar-refractivity contribution in [3.63, 3.8) is 0 Å². The molecule has 0 spiro atoms. The van der Waals surface area contributed by atoms with Crippen LogP contribution in [0.3, 0.4) is 0 Å². The van der Waals surface area contributed by atoms with E-state index in [2.05, 4.69) is 0 Å². The Hall–Kier alpha value is -1.68. The third-order valence-corrected chi connectivity index (χ3v) is 3.12. The molecule has 0 atom stereocenters. The lowest BCUT2D eigenvalue weighted by Crippen LogP contribution is -2.31. The zero-order valence-corrected chi connectivity index (χ0v) is 9.90. The summed E-state index contributed by atoms with van der Waals surface area (Å²) in [6.07, 6.45) is 1.59. The largest absolute Gasteiger partial charge is 0.330 e. The zero-order valence-electron chi connectivity index (χ0n) is 9.90. The van der Waals surface area contributed by atoms with Crippen molar-refractivity contribution in [2.45, 2.75) is 19.3 Å². The quantitative estimate of drug-likeness (QED) is 0.794. The molecule has 0 saturated carbocycles. The predicted molar refractivity (Wildman–Crippen MR) is 66.2 cm³/mol. The second-order valence-electron chi connectivity index (χ2n) is 4.26. The Morgan fingerprint density at radius 1 is 1.41 bits per heavy atom. The molecule has 4 heteroatoms. The van der Waals surface area contributed by atoms with Gasteiger partial charge in [0.25, 0.3) is 0 Å². The van der Waals surface area contributed by atoms with E-state index in [9.17, 15) is 9.59 Å². The van der Waals surface area contributed by atoms with Gasteiger partial charge in [-0.15, -0.1) is 0 Å². The Morgan fingerprint density at radius 3 is 2.88 bits per heavy atom. The topological polar surface area (TPSA) is 63.4 Å². The minimum atomic E-state index is 0.0647. The fourth-order valence-corrected chi connectivity index (χ4v) is 2.11. The van der Waals surface area contributed by atoms with Crippen molar-refractivity contribution in [1.82, 2.24) is 0 Å². The Morgan fingerprint density at radius 2 is 2.18 bits per heavy atom. The van der Waals surface area contributed by atoms with Crippen LogP contribution in [-0.4, -0.2) is 25.3 Å². The van der Waals surface area contributed by atoms with Crippen molar-refractivity contribution in [3.05, 3.63) is 29.3 Å². The monoisotopic (exact) mass is 232 g/mol. The highest BCUT2D eigenvalue weighted by Crippen LogP contribution is 2.27. The highest BCUT2D eigenvalue weighted by atomic mass is 16.2. The van der Waals surface area contributed by atoms with Gasteiger partial charge in [0.2, 0.25) is 5.91 Å². The Kier molecular flexibility index (Phi) is 3.24. The number of amides is 1. The normalized spacial score (nSPS) is 14.7. The summed E-state index contributed by atoms with van der Waals surface area (Å²) in [7, 11) is 1.77. The van der Waals surface area contributed by atoms with Gasteiger partial charge in [-0.2, -0.15) is 0 Å². The number of nitrogens with zero attached hydrogens (tertiary/aromatic N) is 1. The predicted octanol–water partition coefficient (Wildman–Crippen LogP) is 1.13. The molecule has 0 saturated heterocycles. The first-order chi connectivity index (χ1) is 8.13. The summed E-state index contributed by atoms with van der Waals surface area (Å²) >= 11 is 0. The molecule has 1 aliphatic heterocycles. The summed E-state index contributed by atoms with van der Waals surface area (Å²) < 4.78 is 0. The molecule has 0 unspecified atom stereocenters. The van der Waals surface area contributed by atoms with Crippen LogP contribution in [0.25, 0.3) is 0 Å². The van der Waals surface area contributed by atoms with Crippen LogP contribution >= 0.6 is 0 Å². The average molecular weight is 232 g/mol. The Bertz CT molecular complexity index is 468. The van der Waals surface area contributed by atoms with Crippen LogP contribution in [-0.2, 0) is 11.2 Å². The van der Waals surface area contributed by atoms with Crippen LogP contribution in [0.5, 0.6) is 0 Å². The lowest BCUT2D eigenvalue weighted by atomic mass is 9.97. The molecule has 2 rings (SSSR count). The minimum absolute atomic E-state index is 0.0647. The maximum absolute atomic E-state index is 11.7. The number of benzene rings is 1. The van der Waals surface area contributed by atoms with Crippen molar-refractivity contribution in [3.8, 4) is 0 Å². The summed E-state index contributed by atoms with van der Waals surface area (Å²) in [5, 5.41) is 0. The number of nitrogens with two attached hydrogens (primary N) is 1. The van der Waals surface area contributed by atoms with Crippen LogP contribution in [0.1, 0.15) is 28.8 Å². The number of anilines is 1. The first kappa shape index (κ1) is 11.8. The van der Waals surface area contributed by atoms with E-state index in [1.165, 1.54) is 0 Å². The first-order valence-corrected chi connectivity index (χ1v) is 5.76. The van der Waals surface area contributed by atoms with Gasteiger partial charge in [0, 0.05) is 31.1 Å². The van der Waals surface area contributed by atoms with Gasteiger partial charge >= 0.3 is 0 Å². The second-order valence-corrected chi connectivity index (χ2v) is 4.26. The van der Waals surface area contributed by atoms with E-state index in [0.29, 0.717) is 31.4 Å². The fraction of sp³-hybridized carbons (Fsp3) is 0.385. The number of Topliss-reactive ketones (excluding diaryl/α,β-unsaturated/α-hetero) is 1. The molecule has 1 heterocycles. The number of carbonyl (C=O) groups excluding carboxylic acids is 2. The molecular formula is C13H16N2O2. The fourth-order valence-electron chi connectivity index (χ4n) is 2.11. The molecule has 1 aromatic rings. The van der Waals surface area contributed by atoms with Crippen LogP contribution < -0.4 is 10.6 Å². The number of hydrogen-bond acceptors (Lipinski definition) is 3. The van der Waals surface area contributed by atoms with Crippen molar-refractivity contribution in [2.24, 2.45) is 5.73 Å². The summed E-state index contributed by atoms with van der Waals surface area (Å²) in [5.74, 6) is 0.188. The van der Waals surface area contributed by atoms with E-state index in [1.807, 2.05) is 12.1 Å². The highest BCUT2D eigenvalue weighted by Gasteiger charge is 2.21. The zero-order chi connectivity index (χ0) is 12.4. The number of rotatable bonds is 3. The van der Waals surface area contributed by atoms with Gasteiger partial charge in [-0.1, -0.05) is 0 Å². The number of carbonyl (C=O) groups is 2. The standard InChI is InChI=1S/C13H16N2O2/c1-15-11-4-2-10(12(16)6-7-14)8-9(11)3-5-13(15)17/h2,4,8H,3,5-7,14H2,1H3. The highest BCUT2D eigenvalue weighted by molar-refractivity contribution is 5.99. The van der Waals surface area contributed by atoms with Crippen LogP contribution in [0.15, 0.2) is 18.2 Å². The molecule has 17 heavy (non-hydrogen) atoms. The Balaban J connectivity index is 2.32. The molecule has 0 radical (unpaired) electrons. The molecule has 0 aromatic heterocycles. The van der Waals surface area contributed by atoms with Crippen LogP contribution in [0.4, 0.5) is 5.69 Å². The average Bonchev–Trinajstić information content (AvgIpc) is 2.34. The SMILES string of the molecule is CN1C(=O)CCc2cc(C(=O)CCN)ccc21. The third kappa shape index (κ3) is 2.22. The van der Waals surface area contributed by atoms with Crippen molar-refractivity contribution in [2.75, 3.05) is 18.5 Å².